The molecule has 4 rings (SSSR count). The summed E-state index contributed by atoms with van der Waals surface area (Å²) in [6.45, 7) is 6.65. The Morgan fingerprint density at radius 1 is 1.12 bits per heavy atom. The maximum atomic E-state index is 12.6. The molecule has 1 spiro atoms. The lowest BCUT2D eigenvalue weighted by molar-refractivity contribution is -0.00120. The van der Waals surface area contributed by atoms with Crippen LogP contribution >= 0.6 is 0 Å². The molecule has 0 aromatic heterocycles. The van der Waals surface area contributed by atoms with Crippen molar-refractivity contribution >= 4 is 17.5 Å². The fourth-order valence-corrected chi connectivity index (χ4v) is 4.36. The summed E-state index contributed by atoms with van der Waals surface area (Å²) in [5, 5.41) is 11.0. The topological polar surface area (TPSA) is 108 Å². The van der Waals surface area contributed by atoms with Crippen LogP contribution in [0.5, 0.6) is 11.5 Å². The van der Waals surface area contributed by atoms with Gasteiger partial charge >= 0.3 is 6.09 Å². The van der Waals surface area contributed by atoms with Crippen LogP contribution in [0.25, 0.3) is 5.57 Å². The Labute approximate surface area is 199 Å². The predicted octanol–water partition coefficient (Wildman–Crippen LogP) is 5.65. The molecule has 0 bridgehead atoms. The first-order chi connectivity index (χ1) is 16.1. The maximum absolute atomic E-state index is 12.6. The first-order valence-electron chi connectivity index (χ1n) is 11.3. The van der Waals surface area contributed by atoms with E-state index in [4.69, 9.17) is 25.2 Å². The molecular weight excluding hydrogens is 432 g/mol. The number of fused-ring (bicyclic) bond motifs is 1. The molecule has 1 fully saturated rings. The Morgan fingerprint density at radius 2 is 1.79 bits per heavy atom. The van der Waals surface area contributed by atoms with E-state index in [2.05, 4.69) is 11.2 Å². The van der Waals surface area contributed by atoms with Crippen LogP contribution in [0.15, 0.2) is 53.7 Å². The molecule has 2 aromatic rings. The van der Waals surface area contributed by atoms with Gasteiger partial charge < -0.3 is 19.1 Å². The van der Waals surface area contributed by atoms with Gasteiger partial charge in [0.1, 0.15) is 22.7 Å². The molecule has 2 aliphatic rings. The lowest BCUT2D eigenvalue weighted by Crippen LogP contribution is -2.50. The average molecular weight is 463 g/mol. The van der Waals surface area contributed by atoms with E-state index in [9.17, 15) is 4.79 Å². The number of nitrogens with zero attached hydrogens (tertiary/aromatic N) is 2. The Hall–Kier alpha value is -3.68. The van der Waals surface area contributed by atoms with Crippen LogP contribution in [0, 0.1) is 10.9 Å². The highest BCUT2D eigenvalue weighted by Gasteiger charge is 2.41. The summed E-state index contributed by atoms with van der Waals surface area (Å²) in [5.74, 6) is 1.36. The number of amidine groups is 1. The quantitative estimate of drug-likeness (QED) is 0.349. The average Bonchev–Trinajstić information content (AvgIpc) is 2.82. The maximum Gasteiger partial charge on any atom is 0.410 e. The van der Waals surface area contributed by atoms with E-state index >= 15 is 0 Å². The van der Waals surface area contributed by atoms with Crippen molar-refractivity contribution < 1.29 is 19.0 Å². The molecule has 1 amide bonds. The third kappa shape index (κ3) is 4.66. The molecule has 8 heteroatoms. The zero-order valence-electron chi connectivity index (χ0n) is 20.0. The van der Waals surface area contributed by atoms with E-state index in [1.165, 1.54) is 0 Å². The van der Waals surface area contributed by atoms with E-state index in [-0.39, 0.29) is 11.9 Å². The first kappa shape index (κ1) is 23.5. The molecule has 0 aliphatic carbocycles. The van der Waals surface area contributed by atoms with Crippen molar-refractivity contribution in [1.29, 1.82) is 10.9 Å². The van der Waals surface area contributed by atoms with Crippen LogP contribution in [0.2, 0.25) is 0 Å². The zero-order valence-corrected chi connectivity index (χ0v) is 20.0. The second-order valence-corrected chi connectivity index (χ2v) is 9.56. The number of benzene rings is 2. The second kappa shape index (κ2) is 8.93. The molecule has 2 aliphatic heterocycles. The fraction of sp³-hybridized carbons (Fsp3) is 0.385. The third-order valence-electron chi connectivity index (χ3n) is 6.04. The highest BCUT2D eigenvalue weighted by Crippen LogP contribution is 2.47. The van der Waals surface area contributed by atoms with Crippen molar-refractivity contribution in [2.24, 2.45) is 5.11 Å². The lowest BCUT2D eigenvalue weighted by atomic mass is 9.82. The third-order valence-corrected chi connectivity index (χ3v) is 6.04. The molecule has 0 radical (unpaired) electrons. The van der Waals surface area contributed by atoms with Gasteiger partial charge in [-0.3, -0.25) is 5.41 Å². The van der Waals surface area contributed by atoms with Crippen LogP contribution < -0.4 is 9.47 Å². The van der Waals surface area contributed by atoms with E-state index in [0.29, 0.717) is 37.2 Å². The van der Waals surface area contributed by atoms with Crippen LogP contribution in [0.1, 0.15) is 50.3 Å². The van der Waals surface area contributed by atoms with Crippen molar-refractivity contribution in [3.05, 3.63) is 65.2 Å². The molecule has 2 heterocycles. The number of nitrogens with one attached hydrogen (secondary N) is 2. The lowest BCUT2D eigenvalue weighted by Gasteiger charge is -2.43. The number of carbonyl (C=O) groups excluding carboxylic acids is 1. The van der Waals surface area contributed by atoms with Gasteiger partial charge in [-0.2, -0.15) is 0 Å². The minimum atomic E-state index is -0.560. The minimum Gasteiger partial charge on any atom is -0.496 e. The molecule has 8 nitrogen and oxygen atoms in total. The number of rotatable bonds is 3. The van der Waals surface area contributed by atoms with Crippen LogP contribution in [0.4, 0.5) is 4.79 Å². The van der Waals surface area contributed by atoms with Gasteiger partial charge in [-0.15, -0.1) is 5.11 Å². The van der Waals surface area contributed by atoms with E-state index < -0.39 is 11.2 Å². The molecule has 0 saturated carbocycles. The zero-order chi connectivity index (χ0) is 24.5. The summed E-state index contributed by atoms with van der Waals surface area (Å²) in [4.78, 5) is 14.3. The Kier molecular flexibility index (Phi) is 6.17. The molecule has 1 saturated heterocycles. The van der Waals surface area contributed by atoms with E-state index in [0.717, 1.165) is 22.4 Å². The van der Waals surface area contributed by atoms with E-state index in [1.54, 1.807) is 24.1 Å². The Morgan fingerprint density at radius 3 is 2.38 bits per heavy atom. The second-order valence-electron chi connectivity index (χ2n) is 9.56. The van der Waals surface area contributed by atoms with Crippen LogP contribution in [-0.4, -0.2) is 48.2 Å². The van der Waals surface area contributed by atoms with Gasteiger partial charge in [-0.25, -0.2) is 10.3 Å². The van der Waals surface area contributed by atoms with Gasteiger partial charge in [0.05, 0.1) is 12.7 Å². The SMILES string of the molecule is COc1cccc2c1C(c1ccc(C(=N)N=N)cc1)=CC1(CCN(C(=O)OC(C)(C)C)CC1)O2. The molecule has 0 unspecified atom stereocenters. The molecule has 2 N–H and O–H groups in total. The number of piperidine rings is 1. The van der Waals surface area contributed by atoms with E-state index in [1.807, 2.05) is 51.1 Å². The fourth-order valence-electron chi connectivity index (χ4n) is 4.36. The van der Waals surface area contributed by atoms with Crippen molar-refractivity contribution in [3.63, 3.8) is 0 Å². The summed E-state index contributed by atoms with van der Waals surface area (Å²) in [7, 11) is 1.64. The first-order valence-corrected chi connectivity index (χ1v) is 11.3. The number of carbonyl (C=O) groups is 1. The molecule has 34 heavy (non-hydrogen) atoms. The van der Waals surface area contributed by atoms with Gasteiger partial charge in [-0.1, -0.05) is 30.3 Å². The van der Waals surface area contributed by atoms with Crippen LogP contribution in [0.3, 0.4) is 0 Å². The number of amides is 1. The van der Waals surface area contributed by atoms with Gasteiger partial charge in [0, 0.05) is 31.5 Å². The normalized spacial score (nSPS) is 16.7. The smallest absolute Gasteiger partial charge is 0.410 e. The van der Waals surface area contributed by atoms with Gasteiger partial charge in [-0.05, 0) is 50.1 Å². The Balaban J connectivity index is 1.68. The molecule has 0 atom stereocenters. The van der Waals surface area contributed by atoms with Gasteiger partial charge in [0.15, 0.2) is 5.84 Å². The van der Waals surface area contributed by atoms with Crippen LogP contribution in [-0.2, 0) is 4.74 Å². The highest BCUT2D eigenvalue weighted by molar-refractivity contribution is 5.97. The summed E-state index contributed by atoms with van der Waals surface area (Å²) in [5.41, 5.74) is 9.37. The van der Waals surface area contributed by atoms with Crippen molar-refractivity contribution in [2.75, 3.05) is 20.2 Å². The molecule has 2 aromatic carbocycles. The molecular formula is C26H30N4O4. The monoisotopic (exact) mass is 462 g/mol. The van der Waals surface area contributed by atoms with Crippen molar-refractivity contribution in [2.45, 2.75) is 44.8 Å². The predicted molar refractivity (Wildman–Crippen MR) is 129 cm³/mol. The Bertz CT molecular complexity index is 1140. The summed E-state index contributed by atoms with van der Waals surface area (Å²) in [6, 6.07) is 13.2. The van der Waals surface area contributed by atoms with Gasteiger partial charge in [0.2, 0.25) is 0 Å². The molecule has 178 valence electrons. The summed E-state index contributed by atoms with van der Waals surface area (Å²) in [6.07, 6.45) is 3.10. The van der Waals surface area contributed by atoms with Gasteiger partial charge in [0.25, 0.3) is 0 Å². The minimum absolute atomic E-state index is 0.0866. The summed E-state index contributed by atoms with van der Waals surface area (Å²) < 4.78 is 17.7. The largest absolute Gasteiger partial charge is 0.496 e. The number of hydrogen-bond donors (Lipinski definition) is 2. The number of hydrogen-bond acceptors (Lipinski definition) is 6. The van der Waals surface area contributed by atoms with Crippen molar-refractivity contribution in [3.8, 4) is 11.5 Å². The highest BCUT2D eigenvalue weighted by atomic mass is 16.6. The standard InChI is InChI=1S/C26H30N4O4/c1-25(2,3)34-24(31)30-14-12-26(13-15-30)16-19(17-8-10-18(11-9-17)23(27)29-28)22-20(32-4)6-5-7-21(22)33-26/h5-11,16,27-28H,12-15H2,1-4H3. The number of ether oxygens (including phenoxy) is 3. The number of likely N-dealkylation sites (tertiary alicyclic amines) is 1. The van der Waals surface area contributed by atoms with Crippen molar-refractivity contribution in [1.82, 2.24) is 4.90 Å². The summed E-state index contributed by atoms with van der Waals surface area (Å²) >= 11 is 0. The number of methoxy groups -OCH3 is 1.